The van der Waals surface area contributed by atoms with Gasteiger partial charge in [0, 0.05) is 42.2 Å². The molecule has 0 unspecified atom stereocenters. The van der Waals surface area contributed by atoms with Crippen LogP contribution in [0, 0.1) is 13.8 Å². The Morgan fingerprint density at radius 3 is 1.79 bits per heavy atom. The van der Waals surface area contributed by atoms with Crippen molar-refractivity contribution in [2.75, 3.05) is 9.80 Å². The number of rotatable bonds is 7. The summed E-state index contributed by atoms with van der Waals surface area (Å²) in [4.78, 5) is 4.96. The van der Waals surface area contributed by atoms with Crippen molar-refractivity contribution < 1.29 is 4.11 Å². The van der Waals surface area contributed by atoms with Crippen molar-refractivity contribution in [3.05, 3.63) is 166 Å². The van der Waals surface area contributed by atoms with Gasteiger partial charge in [-0.05, 0) is 166 Å². The van der Waals surface area contributed by atoms with Gasteiger partial charge in [0.2, 0.25) is 0 Å². The number of hydrogen-bond acceptors (Lipinski definition) is 3. The van der Waals surface area contributed by atoms with Gasteiger partial charge < -0.3 is 9.80 Å². The lowest BCUT2D eigenvalue weighted by Crippen LogP contribution is -2.36. The molecular weight excluding hydrogens is 781 g/mol. The normalized spacial score (nSPS) is 18.1. The van der Waals surface area contributed by atoms with Gasteiger partial charge in [0.1, 0.15) is 0 Å². The number of benzene rings is 6. The topological polar surface area (TPSA) is 6.48 Å². The van der Waals surface area contributed by atoms with Crippen molar-refractivity contribution in [1.29, 1.82) is 0 Å². The van der Waals surface area contributed by atoms with E-state index in [0.717, 1.165) is 64.1 Å². The Morgan fingerprint density at radius 2 is 1.14 bits per heavy atom. The van der Waals surface area contributed by atoms with Gasteiger partial charge in [-0.2, -0.15) is 0 Å². The van der Waals surface area contributed by atoms with Gasteiger partial charge in [0.05, 0.1) is 17.1 Å². The van der Waals surface area contributed by atoms with E-state index >= 15 is 0 Å². The van der Waals surface area contributed by atoms with E-state index in [2.05, 4.69) is 201 Å². The maximum Gasteiger partial charge on any atom is 0.0647 e. The molecule has 7 aromatic rings. The summed E-state index contributed by atoms with van der Waals surface area (Å²) in [5.41, 5.74) is 17.3. The predicted octanol–water partition coefficient (Wildman–Crippen LogP) is 18.1. The maximum absolute atomic E-state index is 8.38. The Labute approximate surface area is 387 Å². The Morgan fingerprint density at radius 1 is 0.524 bits per heavy atom. The standard InChI is InChI=1S/C60H68N2S/c1-39-22-27-54-47(34-39)53(38-63-54)61(43-25-23-42(24-26-43)56(3,4)5)44-32-40(2)33-45(35-44)62(51-21-17-20-48-55(51)60(12,13)31-30-57(48,6)7)52-37-50-49(58(8,9)28-29-59(50,10)11)36-46(52)41-18-15-14-16-19-41/h14-27,32-38H,28-31H2,1-13H3/i1D3. The quantitative estimate of drug-likeness (QED) is 0.158. The van der Waals surface area contributed by atoms with Crippen LogP contribution < -0.4 is 9.80 Å². The third kappa shape index (κ3) is 7.73. The van der Waals surface area contributed by atoms with Crippen molar-refractivity contribution in [3.63, 3.8) is 0 Å². The molecule has 0 saturated carbocycles. The molecule has 9 rings (SSSR count). The van der Waals surface area contributed by atoms with Crippen LogP contribution >= 0.6 is 11.3 Å². The molecule has 0 radical (unpaired) electrons. The van der Waals surface area contributed by atoms with Crippen molar-refractivity contribution in [3.8, 4) is 11.1 Å². The zero-order valence-corrected chi connectivity index (χ0v) is 40.6. The number of thiophene rings is 1. The van der Waals surface area contributed by atoms with E-state index in [1.165, 1.54) is 50.3 Å². The molecule has 1 aromatic heterocycles. The molecule has 6 aromatic carbocycles. The van der Waals surface area contributed by atoms with Crippen LogP contribution in [0.1, 0.15) is 145 Å². The van der Waals surface area contributed by atoms with E-state index in [-0.39, 0.29) is 27.1 Å². The molecule has 1 heterocycles. The second kappa shape index (κ2) is 15.3. The van der Waals surface area contributed by atoms with Crippen LogP contribution in [0.25, 0.3) is 21.2 Å². The zero-order chi connectivity index (χ0) is 47.4. The molecule has 324 valence electrons. The fourth-order valence-corrected chi connectivity index (χ4v) is 11.6. The van der Waals surface area contributed by atoms with Crippen LogP contribution in [0.15, 0.2) is 127 Å². The molecule has 0 amide bonds. The highest BCUT2D eigenvalue weighted by Crippen LogP contribution is 2.56. The monoisotopic (exact) mass is 852 g/mol. The highest BCUT2D eigenvalue weighted by molar-refractivity contribution is 7.17. The van der Waals surface area contributed by atoms with Gasteiger partial charge >= 0.3 is 0 Å². The number of fused-ring (bicyclic) bond motifs is 3. The fourth-order valence-electron chi connectivity index (χ4n) is 10.7. The maximum atomic E-state index is 8.38. The minimum Gasteiger partial charge on any atom is -0.309 e. The summed E-state index contributed by atoms with van der Waals surface area (Å²) in [7, 11) is 0. The first-order chi connectivity index (χ1) is 30.9. The van der Waals surface area contributed by atoms with Crippen molar-refractivity contribution in [2.24, 2.45) is 0 Å². The molecule has 0 N–H and O–H groups in total. The number of anilines is 6. The highest BCUT2D eigenvalue weighted by atomic mass is 32.1. The smallest absolute Gasteiger partial charge is 0.0647 e. The Balaban J connectivity index is 1.38. The summed E-state index contributed by atoms with van der Waals surface area (Å²) in [6.07, 6.45) is 4.48. The van der Waals surface area contributed by atoms with E-state index in [1.54, 1.807) is 17.4 Å². The van der Waals surface area contributed by atoms with Gasteiger partial charge in [-0.15, -0.1) is 11.3 Å². The number of nitrogens with zero attached hydrogens (tertiary/aromatic N) is 2. The predicted molar refractivity (Wildman–Crippen MR) is 275 cm³/mol. The molecule has 2 nitrogen and oxygen atoms in total. The van der Waals surface area contributed by atoms with Crippen LogP contribution in [0.3, 0.4) is 0 Å². The van der Waals surface area contributed by atoms with Gasteiger partial charge in [0.25, 0.3) is 0 Å². The van der Waals surface area contributed by atoms with Crippen LogP contribution in [0.4, 0.5) is 34.1 Å². The molecule has 2 aliphatic carbocycles. The van der Waals surface area contributed by atoms with E-state index in [4.69, 9.17) is 4.11 Å². The van der Waals surface area contributed by atoms with Crippen molar-refractivity contribution >= 4 is 55.5 Å². The molecule has 0 bridgehead atoms. The molecule has 0 spiro atoms. The molecular formula is C60H68N2S. The van der Waals surface area contributed by atoms with Crippen molar-refractivity contribution in [2.45, 2.75) is 143 Å². The second-order valence-corrected chi connectivity index (χ2v) is 23.3. The summed E-state index contributed by atoms with van der Waals surface area (Å²) in [6, 6.07) is 44.8. The minimum absolute atomic E-state index is 0.0119. The first-order valence-corrected chi connectivity index (χ1v) is 24.0. The van der Waals surface area contributed by atoms with Gasteiger partial charge in [-0.3, -0.25) is 0 Å². The number of aryl methyl sites for hydroxylation is 2. The third-order valence-corrected chi connectivity index (χ3v) is 15.7. The lowest BCUT2D eigenvalue weighted by Gasteiger charge is -2.46. The van der Waals surface area contributed by atoms with E-state index < -0.39 is 6.85 Å². The molecule has 3 heteroatoms. The summed E-state index contributed by atoms with van der Waals surface area (Å²) >= 11 is 1.66. The molecule has 2 aliphatic rings. The van der Waals surface area contributed by atoms with Crippen molar-refractivity contribution in [1.82, 2.24) is 0 Å². The van der Waals surface area contributed by atoms with Gasteiger partial charge in [-0.1, -0.05) is 142 Å². The van der Waals surface area contributed by atoms with E-state index in [9.17, 15) is 0 Å². The number of hydrogen-bond donors (Lipinski definition) is 0. The SMILES string of the molecule is [2H]C([2H])([2H])c1ccc2scc(N(c3ccc(C(C)(C)C)cc3)c3cc(C)cc(N(c4cc5c(cc4-c4ccccc4)C(C)(C)CCC5(C)C)c4cccc5c4C(C)(C)CCC5(C)C)c3)c2c1. The van der Waals surface area contributed by atoms with E-state index in [0.29, 0.717) is 5.56 Å². The lowest BCUT2D eigenvalue weighted by molar-refractivity contribution is 0.331. The molecule has 0 atom stereocenters. The van der Waals surface area contributed by atoms with Crippen LogP contribution in [-0.4, -0.2) is 0 Å². The van der Waals surface area contributed by atoms with Crippen LogP contribution in [0.5, 0.6) is 0 Å². The largest absolute Gasteiger partial charge is 0.309 e. The zero-order valence-electron chi connectivity index (χ0n) is 42.8. The van der Waals surface area contributed by atoms with Gasteiger partial charge in [0.15, 0.2) is 0 Å². The minimum atomic E-state index is -2.23. The summed E-state index contributed by atoms with van der Waals surface area (Å²) in [5.74, 6) is 0. The van der Waals surface area contributed by atoms with Crippen LogP contribution in [0.2, 0.25) is 0 Å². The third-order valence-electron chi connectivity index (χ3n) is 14.7. The summed E-state index contributed by atoms with van der Waals surface area (Å²) in [6.45, 7) is 26.2. The summed E-state index contributed by atoms with van der Waals surface area (Å²) < 4.78 is 26.2. The van der Waals surface area contributed by atoms with E-state index in [1.807, 2.05) is 12.1 Å². The summed E-state index contributed by atoms with van der Waals surface area (Å²) in [5, 5.41) is 3.13. The molecule has 0 fully saturated rings. The molecule has 0 aliphatic heterocycles. The highest BCUT2D eigenvalue weighted by Gasteiger charge is 2.42. The average Bonchev–Trinajstić information content (AvgIpc) is 3.67. The first kappa shape index (κ1) is 39.5. The molecule has 63 heavy (non-hydrogen) atoms. The molecule has 0 saturated heterocycles. The Bertz CT molecular complexity index is 2960. The first-order valence-electron chi connectivity index (χ1n) is 24.6. The lowest BCUT2D eigenvalue weighted by atomic mass is 9.62. The Kier molecular flexibility index (Phi) is 9.56. The Hall–Kier alpha value is -5.12. The van der Waals surface area contributed by atoms with Gasteiger partial charge in [-0.25, -0.2) is 0 Å². The fraction of sp³-hybridized carbons (Fsp3) is 0.367. The van der Waals surface area contributed by atoms with Crippen LogP contribution in [-0.2, 0) is 27.1 Å². The average molecular weight is 852 g/mol. The second-order valence-electron chi connectivity index (χ2n) is 22.3.